The summed E-state index contributed by atoms with van der Waals surface area (Å²) in [6.45, 7) is 2.91. The normalized spacial score (nSPS) is 9.91. The first kappa shape index (κ1) is 15.4. The van der Waals surface area contributed by atoms with Crippen LogP contribution in [0.5, 0.6) is 0 Å². The fourth-order valence-electron chi connectivity index (χ4n) is 1.90. The fraction of sp³-hybridized carbons (Fsp3) is 0.118. The zero-order valence-electron chi connectivity index (χ0n) is 12.3. The van der Waals surface area contributed by atoms with E-state index in [1.165, 1.54) is 13.8 Å². The van der Waals surface area contributed by atoms with Crippen molar-refractivity contribution in [2.24, 2.45) is 0 Å². The van der Waals surface area contributed by atoms with Gasteiger partial charge in [-0.1, -0.05) is 0 Å². The molecule has 2 N–H and O–H groups in total. The van der Waals surface area contributed by atoms with Gasteiger partial charge in [0.15, 0.2) is 5.78 Å². The van der Waals surface area contributed by atoms with Crippen LogP contribution in [0, 0.1) is 0 Å². The van der Waals surface area contributed by atoms with Crippen molar-refractivity contribution in [1.29, 1.82) is 0 Å². The molecule has 0 aliphatic heterocycles. The van der Waals surface area contributed by atoms with E-state index in [2.05, 4.69) is 10.6 Å². The number of amides is 2. The Morgan fingerprint density at radius 2 is 1.14 bits per heavy atom. The Hall–Kier alpha value is -2.95. The van der Waals surface area contributed by atoms with Crippen LogP contribution in [0.25, 0.3) is 0 Å². The summed E-state index contributed by atoms with van der Waals surface area (Å²) in [7, 11) is 0. The SMILES string of the molecule is CC(=O)Nc1ccc(C(=O)Nc2ccc(C(C)=O)cc2)cc1. The molecule has 0 aliphatic rings. The Balaban J connectivity index is 2.05. The van der Waals surface area contributed by atoms with Crippen LogP contribution < -0.4 is 10.6 Å². The molecule has 5 heteroatoms. The van der Waals surface area contributed by atoms with Gasteiger partial charge in [-0.05, 0) is 55.5 Å². The van der Waals surface area contributed by atoms with Crippen molar-refractivity contribution in [2.45, 2.75) is 13.8 Å². The van der Waals surface area contributed by atoms with Crippen LogP contribution in [0.4, 0.5) is 11.4 Å². The van der Waals surface area contributed by atoms with Crippen LogP contribution in [0.3, 0.4) is 0 Å². The number of rotatable bonds is 4. The standard InChI is InChI=1S/C17H16N2O3/c1-11(20)13-3-7-16(8-4-13)19-17(22)14-5-9-15(10-6-14)18-12(2)21/h3-10H,1-2H3,(H,18,21)(H,19,22). The van der Waals surface area contributed by atoms with Gasteiger partial charge in [-0.2, -0.15) is 0 Å². The molecule has 2 aromatic rings. The highest BCUT2D eigenvalue weighted by Gasteiger charge is 2.07. The van der Waals surface area contributed by atoms with E-state index < -0.39 is 0 Å². The summed E-state index contributed by atoms with van der Waals surface area (Å²) in [5.74, 6) is -0.445. The Kier molecular flexibility index (Phi) is 4.68. The van der Waals surface area contributed by atoms with Gasteiger partial charge in [0.25, 0.3) is 5.91 Å². The van der Waals surface area contributed by atoms with Crippen LogP contribution in [0.2, 0.25) is 0 Å². The monoisotopic (exact) mass is 296 g/mol. The van der Waals surface area contributed by atoms with Gasteiger partial charge in [-0.3, -0.25) is 14.4 Å². The van der Waals surface area contributed by atoms with E-state index in [0.29, 0.717) is 22.5 Å². The number of Topliss-reactive ketones (excluding diaryl/α,β-unsaturated/α-hetero) is 1. The summed E-state index contributed by atoms with van der Waals surface area (Å²) in [5, 5.41) is 5.38. The maximum atomic E-state index is 12.1. The summed E-state index contributed by atoms with van der Waals surface area (Å²) < 4.78 is 0. The molecule has 0 aliphatic carbocycles. The molecular formula is C17H16N2O3. The molecule has 0 aromatic heterocycles. The number of anilines is 2. The number of benzene rings is 2. The van der Waals surface area contributed by atoms with Gasteiger partial charge in [0.05, 0.1) is 0 Å². The first-order valence-electron chi connectivity index (χ1n) is 6.76. The lowest BCUT2D eigenvalue weighted by Gasteiger charge is -2.07. The molecule has 2 aromatic carbocycles. The van der Waals surface area contributed by atoms with Crippen molar-refractivity contribution >= 4 is 29.0 Å². The Labute approximate surface area is 128 Å². The van der Waals surface area contributed by atoms with E-state index in [1.54, 1.807) is 48.5 Å². The van der Waals surface area contributed by atoms with Crippen LogP contribution in [0.15, 0.2) is 48.5 Å². The zero-order valence-corrected chi connectivity index (χ0v) is 12.3. The molecule has 0 radical (unpaired) electrons. The molecular weight excluding hydrogens is 280 g/mol. The second-order valence-electron chi connectivity index (χ2n) is 4.85. The van der Waals surface area contributed by atoms with Gasteiger partial charge >= 0.3 is 0 Å². The van der Waals surface area contributed by atoms with Crippen molar-refractivity contribution in [3.05, 3.63) is 59.7 Å². The minimum atomic E-state index is -0.259. The van der Waals surface area contributed by atoms with Gasteiger partial charge in [-0.25, -0.2) is 0 Å². The van der Waals surface area contributed by atoms with Crippen molar-refractivity contribution in [3.8, 4) is 0 Å². The second-order valence-corrected chi connectivity index (χ2v) is 4.85. The van der Waals surface area contributed by atoms with Gasteiger partial charge in [0, 0.05) is 29.4 Å². The summed E-state index contributed by atoms with van der Waals surface area (Å²) >= 11 is 0. The first-order valence-corrected chi connectivity index (χ1v) is 6.76. The molecule has 0 unspecified atom stereocenters. The Morgan fingerprint density at radius 3 is 1.59 bits per heavy atom. The molecule has 0 heterocycles. The van der Waals surface area contributed by atoms with E-state index in [1.807, 2.05) is 0 Å². The predicted octanol–water partition coefficient (Wildman–Crippen LogP) is 3.10. The van der Waals surface area contributed by atoms with Crippen molar-refractivity contribution in [1.82, 2.24) is 0 Å². The third-order valence-electron chi connectivity index (χ3n) is 3.02. The van der Waals surface area contributed by atoms with Crippen LogP contribution >= 0.6 is 0 Å². The van der Waals surface area contributed by atoms with Gasteiger partial charge < -0.3 is 10.6 Å². The lowest BCUT2D eigenvalue weighted by atomic mass is 10.1. The molecule has 2 amide bonds. The highest BCUT2D eigenvalue weighted by Crippen LogP contribution is 2.14. The highest BCUT2D eigenvalue weighted by molar-refractivity contribution is 6.05. The average Bonchev–Trinajstić information content (AvgIpc) is 2.48. The predicted molar refractivity (Wildman–Crippen MR) is 85.1 cm³/mol. The van der Waals surface area contributed by atoms with E-state index in [4.69, 9.17) is 0 Å². The molecule has 112 valence electrons. The Bertz CT molecular complexity index is 704. The molecule has 0 spiro atoms. The third kappa shape index (κ3) is 4.02. The number of carbonyl (C=O) groups excluding carboxylic acids is 3. The zero-order chi connectivity index (χ0) is 16.1. The summed E-state index contributed by atoms with van der Waals surface area (Å²) in [6.07, 6.45) is 0. The van der Waals surface area contributed by atoms with E-state index >= 15 is 0 Å². The maximum Gasteiger partial charge on any atom is 0.255 e. The molecule has 5 nitrogen and oxygen atoms in total. The van der Waals surface area contributed by atoms with Crippen LogP contribution in [0.1, 0.15) is 34.6 Å². The van der Waals surface area contributed by atoms with E-state index in [-0.39, 0.29) is 17.6 Å². The molecule has 22 heavy (non-hydrogen) atoms. The third-order valence-corrected chi connectivity index (χ3v) is 3.02. The topological polar surface area (TPSA) is 75.3 Å². The highest BCUT2D eigenvalue weighted by atomic mass is 16.2. The van der Waals surface area contributed by atoms with E-state index in [0.717, 1.165) is 0 Å². The Morgan fingerprint density at radius 1 is 0.682 bits per heavy atom. The molecule has 0 fully saturated rings. The van der Waals surface area contributed by atoms with Crippen molar-refractivity contribution in [3.63, 3.8) is 0 Å². The van der Waals surface area contributed by atoms with Crippen LogP contribution in [-0.2, 0) is 4.79 Å². The van der Waals surface area contributed by atoms with Gasteiger partial charge in [0.1, 0.15) is 0 Å². The quantitative estimate of drug-likeness (QED) is 0.851. The van der Waals surface area contributed by atoms with Crippen LogP contribution in [-0.4, -0.2) is 17.6 Å². The fourth-order valence-corrected chi connectivity index (χ4v) is 1.90. The average molecular weight is 296 g/mol. The van der Waals surface area contributed by atoms with Gasteiger partial charge in [0.2, 0.25) is 5.91 Å². The number of hydrogen-bond donors (Lipinski definition) is 2. The minimum absolute atomic E-state index is 0.0218. The lowest BCUT2D eigenvalue weighted by molar-refractivity contribution is -0.114. The minimum Gasteiger partial charge on any atom is -0.326 e. The summed E-state index contributed by atoms with van der Waals surface area (Å²) in [6, 6.07) is 13.3. The summed E-state index contributed by atoms with van der Waals surface area (Å²) in [4.78, 5) is 34.2. The number of hydrogen-bond acceptors (Lipinski definition) is 3. The lowest BCUT2D eigenvalue weighted by Crippen LogP contribution is -2.12. The van der Waals surface area contributed by atoms with Gasteiger partial charge in [-0.15, -0.1) is 0 Å². The number of nitrogens with one attached hydrogen (secondary N) is 2. The summed E-state index contributed by atoms with van der Waals surface area (Å²) in [5.41, 5.74) is 2.32. The smallest absolute Gasteiger partial charge is 0.255 e. The molecule has 2 rings (SSSR count). The molecule has 0 bridgehead atoms. The molecule has 0 atom stereocenters. The molecule has 0 saturated carbocycles. The second kappa shape index (κ2) is 6.67. The first-order chi connectivity index (χ1) is 10.5. The van der Waals surface area contributed by atoms with Crippen molar-refractivity contribution in [2.75, 3.05) is 10.6 Å². The maximum absolute atomic E-state index is 12.1. The van der Waals surface area contributed by atoms with Crippen molar-refractivity contribution < 1.29 is 14.4 Å². The molecule has 0 saturated heterocycles. The number of ketones is 1. The number of carbonyl (C=O) groups is 3. The van der Waals surface area contributed by atoms with E-state index in [9.17, 15) is 14.4 Å². The largest absolute Gasteiger partial charge is 0.326 e.